The standard InChI is InChI=1S/C25H27FN2O4S/c1-3-32-24-16-15-20(17-23(24)27-25(29)21-11-7-8-12-22(21)26)33(30,31)28-18(2)13-14-19-9-5-4-6-10-19/h4-12,15-18,28H,3,13-14H2,1-2H3,(H,27,29)/t18-/m1/s1. The third-order valence-electron chi connectivity index (χ3n) is 4.99. The lowest BCUT2D eigenvalue weighted by Crippen LogP contribution is -2.33. The van der Waals surface area contributed by atoms with Gasteiger partial charge in [0.2, 0.25) is 10.0 Å². The SMILES string of the molecule is CCOc1ccc(S(=O)(=O)N[C@H](C)CCc2ccccc2)cc1NC(=O)c1ccccc1F. The monoisotopic (exact) mass is 470 g/mol. The van der Waals surface area contributed by atoms with E-state index in [0.29, 0.717) is 18.8 Å². The molecule has 2 N–H and O–H groups in total. The van der Waals surface area contributed by atoms with Gasteiger partial charge in [-0.05, 0) is 62.6 Å². The Balaban J connectivity index is 1.77. The maximum absolute atomic E-state index is 14.0. The molecule has 0 spiro atoms. The van der Waals surface area contributed by atoms with E-state index < -0.39 is 21.7 Å². The Labute approximate surface area is 193 Å². The molecule has 0 aromatic heterocycles. The Kier molecular flexibility index (Phi) is 8.19. The van der Waals surface area contributed by atoms with Crippen LogP contribution < -0.4 is 14.8 Å². The van der Waals surface area contributed by atoms with Gasteiger partial charge >= 0.3 is 0 Å². The third kappa shape index (κ3) is 6.63. The quantitative estimate of drug-likeness (QED) is 0.447. The molecule has 0 aliphatic rings. The Morgan fingerprint density at radius 2 is 1.73 bits per heavy atom. The van der Waals surface area contributed by atoms with Crippen molar-refractivity contribution in [3.8, 4) is 5.75 Å². The van der Waals surface area contributed by atoms with E-state index in [9.17, 15) is 17.6 Å². The van der Waals surface area contributed by atoms with E-state index in [1.807, 2.05) is 30.3 Å². The van der Waals surface area contributed by atoms with E-state index in [0.717, 1.165) is 12.0 Å². The molecular weight excluding hydrogens is 443 g/mol. The number of rotatable bonds is 10. The summed E-state index contributed by atoms with van der Waals surface area (Å²) >= 11 is 0. The molecule has 3 rings (SSSR count). The predicted molar refractivity (Wildman–Crippen MR) is 127 cm³/mol. The first-order chi connectivity index (χ1) is 15.8. The van der Waals surface area contributed by atoms with Gasteiger partial charge in [-0.15, -0.1) is 0 Å². The largest absolute Gasteiger partial charge is 0.492 e. The van der Waals surface area contributed by atoms with Crippen LogP contribution in [0.1, 0.15) is 36.2 Å². The number of benzene rings is 3. The lowest BCUT2D eigenvalue weighted by molar-refractivity contribution is 0.102. The summed E-state index contributed by atoms with van der Waals surface area (Å²) < 4.78 is 48.1. The molecule has 0 aliphatic carbocycles. The molecule has 33 heavy (non-hydrogen) atoms. The smallest absolute Gasteiger partial charge is 0.258 e. The van der Waals surface area contributed by atoms with Gasteiger partial charge in [-0.1, -0.05) is 42.5 Å². The number of carbonyl (C=O) groups excluding carboxylic acids is 1. The van der Waals surface area contributed by atoms with Gasteiger partial charge in [0.05, 0.1) is 22.8 Å². The summed E-state index contributed by atoms with van der Waals surface area (Å²) in [4.78, 5) is 12.6. The Morgan fingerprint density at radius 1 is 1.03 bits per heavy atom. The zero-order chi connectivity index (χ0) is 23.8. The lowest BCUT2D eigenvalue weighted by Gasteiger charge is -2.17. The van der Waals surface area contributed by atoms with Crippen LogP contribution >= 0.6 is 0 Å². The second-order valence-corrected chi connectivity index (χ2v) is 9.29. The van der Waals surface area contributed by atoms with Crippen LogP contribution in [0.25, 0.3) is 0 Å². The minimum absolute atomic E-state index is 0.0265. The second-order valence-electron chi connectivity index (χ2n) is 7.57. The van der Waals surface area contributed by atoms with E-state index >= 15 is 0 Å². The Bertz CT molecular complexity index is 1200. The summed E-state index contributed by atoms with van der Waals surface area (Å²) in [6.07, 6.45) is 1.36. The van der Waals surface area contributed by atoms with Crippen molar-refractivity contribution in [3.63, 3.8) is 0 Å². The molecule has 3 aromatic carbocycles. The van der Waals surface area contributed by atoms with Gasteiger partial charge in [-0.25, -0.2) is 17.5 Å². The van der Waals surface area contributed by atoms with Crippen molar-refractivity contribution in [3.05, 3.63) is 89.7 Å². The second kappa shape index (κ2) is 11.1. The summed E-state index contributed by atoms with van der Waals surface area (Å²) in [7, 11) is -3.86. The van der Waals surface area contributed by atoms with Crippen LogP contribution in [0.4, 0.5) is 10.1 Å². The predicted octanol–water partition coefficient (Wildman–Crippen LogP) is 4.78. The molecule has 0 saturated heterocycles. The fraction of sp³-hybridized carbons (Fsp3) is 0.240. The fourth-order valence-corrected chi connectivity index (χ4v) is 4.61. The first kappa shape index (κ1) is 24.4. The van der Waals surface area contributed by atoms with Gasteiger partial charge in [0, 0.05) is 6.04 Å². The molecular formula is C25H27FN2O4S. The molecule has 0 unspecified atom stereocenters. The van der Waals surface area contributed by atoms with E-state index in [2.05, 4.69) is 10.0 Å². The van der Waals surface area contributed by atoms with Crippen LogP contribution in [0.2, 0.25) is 0 Å². The van der Waals surface area contributed by atoms with Crippen LogP contribution in [0.5, 0.6) is 5.75 Å². The molecule has 0 fully saturated rings. The van der Waals surface area contributed by atoms with Crippen molar-refractivity contribution < 1.29 is 22.3 Å². The Morgan fingerprint density at radius 3 is 2.42 bits per heavy atom. The highest BCUT2D eigenvalue weighted by Gasteiger charge is 2.21. The highest BCUT2D eigenvalue weighted by molar-refractivity contribution is 7.89. The fourth-order valence-electron chi connectivity index (χ4n) is 3.31. The summed E-state index contributed by atoms with van der Waals surface area (Å²) in [5.74, 6) is -1.09. The molecule has 0 saturated carbocycles. The van der Waals surface area contributed by atoms with Crippen LogP contribution in [0.15, 0.2) is 77.7 Å². The molecule has 0 bridgehead atoms. The molecule has 6 nitrogen and oxygen atoms in total. The molecule has 1 atom stereocenters. The summed E-state index contributed by atoms with van der Waals surface area (Å²) in [6, 6.07) is 19.3. The Hall–Kier alpha value is -3.23. The summed E-state index contributed by atoms with van der Waals surface area (Å²) in [5.41, 5.74) is 1.12. The van der Waals surface area contributed by atoms with Crippen LogP contribution in [0, 0.1) is 5.82 Å². The highest BCUT2D eigenvalue weighted by atomic mass is 32.2. The third-order valence-corrected chi connectivity index (χ3v) is 6.58. The zero-order valence-corrected chi connectivity index (χ0v) is 19.4. The van der Waals surface area contributed by atoms with Gasteiger partial charge in [0.25, 0.3) is 5.91 Å². The number of nitrogens with one attached hydrogen (secondary N) is 2. The molecule has 174 valence electrons. The molecule has 0 heterocycles. The van der Waals surface area contributed by atoms with E-state index in [4.69, 9.17) is 4.74 Å². The van der Waals surface area contributed by atoms with E-state index in [-0.39, 0.29) is 22.2 Å². The molecule has 8 heteroatoms. The topological polar surface area (TPSA) is 84.5 Å². The van der Waals surface area contributed by atoms with Crippen molar-refractivity contribution >= 4 is 21.6 Å². The summed E-state index contributed by atoms with van der Waals surface area (Å²) in [5, 5.41) is 2.57. The average molecular weight is 471 g/mol. The molecule has 0 aliphatic heterocycles. The van der Waals surface area contributed by atoms with Crippen molar-refractivity contribution in [2.45, 2.75) is 37.6 Å². The maximum atomic E-state index is 14.0. The lowest BCUT2D eigenvalue weighted by atomic mass is 10.1. The van der Waals surface area contributed by atoms with Gasteiger partial charge in [-0.2, -0.15) is 0 Å². The number of carbonyl (C=O) groups is 1. The number of hydrogen-bond acceptors (Lipinski definition) is 4. The van der Waals surface area contributed by atoms with Crippen LogP contribution in [-0.2, 0) is 16.4 Å². The minimum Gasteiger partial charge on any atom is -0.492 e. The van der Waals surface area contributed by atoms with Crippen molar-refractivity contribution in [2.75, 3.05) is 11.9 Å². The first-order valence-corrected chi connectivity index (χ1v) is 12.2. The summed E-state index contributed by atoms with van der Waals surface area (Å²) in [6.45, 7) is 3.88. The van der Waals surface area contributed by atoms with Crippen LogP contribution in [-0.4, -0.2) is 27.0 Å². The minimum atomic E-state index is -3.86. The first-order valence-electron chi connectivity index (χ1n) is 10.7. The van der Waals surface area contributed by atoms with Gasteiger partial charge < -0.3 is 10.1 Å². The van der Waals surface area contributed by atoms with E-state index in [1.54, 1.807) is 19.9 Å². The van der Waals surface area contributed by atoms with Crippen molar-refractivity contribution in [2.24, 2.45) is 0 Å². The number of anilines is 1. The van der Waals surface area contributed by atoms with E-state index in [1.165, 1.54) is 36.4 Å². The average Bonchev–Trinajstić information content (AvgIpc) is 2.79. The maximum Gasteiger partial charge on any atom is 0.258 e. The highest BCUT2D eigenvalue weighted by Crippen LogP contribution is 2.29. The normalized spacial score (nSPS) is 12.2. The van der Waals surface area contributed by atoms with Gasteiger partial charge in [0.1, 0.15) is 11.6 Å². The number of ether oxygens (including phenoxy) is 1. The van der Waals surface area contributed by atoms with Crippen LogP contribution in [0.3, 0.4) is 0 Å². The molecule has 1 amide bonds. The molecule has 3 aromatic rings. The molecule has 0 radical (unpaired) electrons. The van der Waals surface area contributed by atoms with Crippen molar-refractivity contribution in [1.29, 1.82) is 0 Å². The number of aryl methyl sites for hydroxylation is 1. The zero-order valence-electron chi connectivity index (χ0n) is 18.5. The van der Waals surface area contributed by atoms with Gasteiger partial charge in [0.15, 0.2) is 0 Å². The number of halogens is 1. The van der Waals surface area contributed by atoms with Crippen molar-refractivity contribution in [1.82, 2.24) is 4.72 Å². The number of hydrogen-bond donors (Lipinski definition) is 2. The van der Waals surface area contributed by atoms with Gasteiger partial charge in [-0.3, -0.25) is 4.79 Å². The number of amides is 1. The number of sulfonamides is 1.